The molecule has 1 atom stereocenters. The summed E-state index contributed by atoms with van der Waals surface area (Å²) < 4.78 is 37.6. The van der Waals surface area contributed by atoms with E-state index >= 15 is 0 Å². The number of alkyl halides is 3. The lowest BCUT2D eigenvalue weighted by molar-refractivity contribution is -0.137. The molecule has 1 saturated heterocycles. The van der Waals surface area contributed by atoms with Crippen molar-refractivity contribution in [3.05, 3.63) is 29.8 Å². The summed E-state index contributed by atoms with van der Waals surface area (Å²) >= 11 is 1.38. The van der Waals surface area contributed by atoms with Crippen LogP contribution in [0.1, 0.15) is 12.0 Å². The molecule has 1 heterocycles. The second-order valence-electron chi connectivity index (χ2n) is 4.60. The molecule has 2 rings (SSSR count). The van der Waals surface area contributed by atoms with Gasteiger partial charge in [-0.3, -0.25) is 0 Å². The molecule has 3 N–H and O–H groups in total. The Hall–Kier alpha value is -0.720. The minimum Gasteiger partial charge on any atom is -0.323 e. The van der Waals surface area contributed by atoms with Gasteiger partial charge in [-0.15, -0.1) is 11.8 Å². The Morgan fingerprint density at radius 1 is 1.39 bits per heavy atom. The monoisotopic (exact) mass is 276 g/mol. The summed E-state index contributed by atoms with van der Waals surface area (Å²) in [5, 5.41) is 3.17. The molecule has 1 fully saturated rings. The Labute approximate surface area is 108 Å². The molecule has 0 radical (unpaired) electrons. The SMILES string of the molecule is NC1(CSc2cccc(C(F)(F)F)c2)CCNC1. The molecule has 1 aliphatic rings. The Balaban J connectivity index is 2.01. The van der Waals surface area contributed by atoms with Crippen LogP contribution in [0.15, 0.2) is 29.2 Å². The number of rotatable bonds is 3. The van der Waals surface area contributed by atoms with Crippen LogP contribution in [-0.4, -0.2) is 24.4 Å². The van der Waals surface area contributed by atoms with Crippen LogP contribution in [0, 0.1) is 0 Å². The molecule has 1 unspecified atom stereocenters. The Bertz CT molecular complexity index is 414. The normalized spacial score (nSPS) is 24.4. The quantitative estimate of drug-likeness (QED) is 0.833. The van der Waals surface area contributed by atoms with Crippen LogP contribution in [0.2, 0.25) is 0 Å². The van der Waals surface area contributed by atoms with E-state index in [4.69, 9.17) is 5.73 Å². The molecular weight excluding hydrogens is 261 g/mol. The highest BCUT2D eigenvalue weighted by Crippen LogP contribution is 2.32. The molecule has 1 aromatic rings. The van der Waals surface area contributed by atoms with Gasteiger partial charge in [-0.1, -0.05) is 6.07 Å². The van der Waals surface area contributed by atoms with Crippen LogP contribution in [0.5, 0.6) is 0 Å². The lowest BCUT2D eigenvalue weighted by Crippen LogP contribution is -2.44. The summed E-state index contributed by atoms with van der Waals surface area (Å²) in [6, 6.07) is 5.38. The van der Waals surface area contributed by atoms with Gasteiger partial charge in [0.1, 0.15) is 0 Å². The summed E-state index contributed by atoms with van der Waals surface area (Å²) in [6.07, 6.45) is -3.43. The van der Waals surface area contributed by atoms with Gasteiger partial charge in [-0.2, -0.15) is 13.2 Å². The molecule has 0 saturated carbocycles. The average molecular weight is 276 g/mol. The lowest BCUT2D eigenvalue weighted by Gasteiger charge is -2.22. The zero-order valence-electron chi connectivity index (χ0n) is 9.76. The number of nitrogens with two attached hydrogens (primary N) is 1. The number of halogens is 3. The lowest BCUT2D eigenvalue weighted by atomic mass is 10.0. The highest BCUT2D eigenvalue weighted by Gasteiger charge is 2.31. The second kappa shape index (κ2) is 5.11. The van der Waals surface area contributed by atoms with Crippen molar-refractivity contribution >= 4 is 11.8 Å². The predicted octanol–water partition coefficient (Wildman–Crippen LogP) is 2.49. The number of thioether (sulfide) groups is 1. The maximum absolute atomic E-state index is 12.5. The average Bonchev–Trinajstić information content (AvgIpc) is 2.74. The van der Waals surface area contributed by atoms with E-state index in [1.807, 2.05) is 0 Å². The van der Waals surface area contributed by atoms with Crippen LogP contribution in [0.4, 0.5) is 13.2 Å². The second-order valence-corrected chi connectivity index (χ2v) is 5.65. The third kappa shape index (κ3) is 3.40. The first kappa shape index (κ1) is 13.7. The van der Waals surface area contributed by atoms with Crippen LogP contribution in [-0.2, 0) is 6.18 Å². The zero-order chi connectivity index (χ0) is 13.2. The van der Waals surface area contributed by atoms with E-state index in [2.05, 4.69) is 5.32 Å². The standard InChI is InChI=1S/C12H15F3N2S/c13-12(14,15)9-2-1-3-10(6-9)18-8-11(16)4-5-17-7-11/h1-3,6,17H,4-5,7-8,16H2. The van der Waals surface area contributed by atoms with Gasteiger partial charge in [0, 0.05) is 22.7 Å². The van der Waals surface area contributed by atoms with E-state index in [1.54, 1.807) is 6.07 Å². The fourth-order valence-corrected chi connectivity index (χ4v) is 2.96. The molecule has 1 aromatic carbocycles. The van der Waals surface area contributed by atoms with Crippen molar-refractivity contribution in [3.63, 3.8) is 0 Å². The van der Waals surface area contributed by atoms with E-state index in [0.29, 0.717) is 10.6 Å². The number of hydrogen-bond acceptors (Lipinski definition) is 3. The Morgan fingerprint density at radius 2 is 2.17 bits per heavy atom. The summed E-state index contributed by atoms with van der Waals surface area (Å²) in [4.78, 5) is 0.613. The third-order valence-electron chi connectivity index (χ3n) is 2.96. The number of benzene rings is 1. The Morgan fingerprint density at radius 3 is 2.78 bits per heavy atom. The Kier molecular flexibility index (Phi) is 3.89. The largest absolute Gasteiger partial charge is 0.416 e. The molecule has 2 nitrogen and oxygen atoms in total. The summed E-state index contributed by atoms with van der Waals surface area (Å²) in [6.45, 7) is 1.60. The summed E-state index contributed by atoms with van der Waals surface area (Å²) in [5.74, 6) is 0.626. The molecule has 0 amide bonds. The van der Waals surface area contributed by atoms with Crippen molar-refractivity contribution in [1.29, 1.82) is 0 Å². The van der Waals surface area contributed by atoms with Crippen molar-refractivity contribution in [2.24, 2.45) is 5.73 Å². The minimum absolute atomic E-state index is 0.307. The molecule has 0 aliphatic carbocycles. The van der Waals surface area contributed by atoms with Gasteiger partial charge < -0.3 is 11.1 Å². The predicted molar refractivity (Wildman–Crippen MR) is 66.6 cm³/mol. The summed E-state index contributed by atoms with van der Waals surface area (Å²) in [7, 11) is 0. The first-order valence-electron chi connectivity index (χ1n) is 5.69. The van der Waals surface area contributed by atoms with Crippen molar-refractivity contribution < 1.29 is 13.2 Å². The first-order valence-corrected chi connectivity index (χ1v) is 6.67. The molecule has 0 bridgehead atoms. The molecular formula is C12H15F3N2S. The minimum atomic E-state index is -4.29. The number of nitrogens with one attached hydrogen (secondary N) is 1. The van der Waals surface area contributed by atoms with Crippen LogP contribution >= 0.6 is 11.8 Å². The van der Waals surface area contributed by atoms with E-state index in [1.165, 1.54) is 23.9 Å². The van der Waals surface area contributed by atoms with Gasteiger partial charge in [0.15, 0.2) is 0 Å². The van der Waals surface area contributed by atoms with Gasteiger partial charge in [0.2, 0.25) is 0 Å². The van der Waals surface area contributed by atoms with Gasteiger partial charge in [-0.05, 0) is 31.2 Å². The molecule has 0 spiro atoms. The van der Waals surface area contributed by atoms with E-state index in [0.717, 1.165) is 25.6 Å². The maximum Gasteiger partial charge on any atom is 0.416 e. The molecule has 18 heavy (non-hydrogen) atoms. The van der Waals surface area contributed by atoms with Gasteiger partial charge in [0.25, 0.3) is 0 Å². The third-order valence-corrected chi connectivity index (χ3v) is 4.27. The van der Waals surface area contributed by atoms with Crippen LogP contribution in [0.3, 0.4) is 0 Å². The fraction of sp³-hybridized carbons (Fsp3) is 0.500. The first-order chi connectivity index (χ1) is 8.39. The molecule has 100 valence electrons. The van der Waals surface area contributed by atoms with Crippen LogP contribution in [0.25, 0.3) is 0 Å². The molecule has 1 aliphatic heterocycles. The summed E-state index contributed by atoms with van der Waals surface area (Å²) in [5.41, 5.74) is 5.21. The van der Waals surface area contributed by atoms with Crippen molar-refractivity contribution in [3.8, 4) is 0 Å². The highest BCUT2D eigenvalue weighted by molar-refractivity contribution is 7.99. The zero-order valence-corrected chi connectivity index (χ0v) is 10.6. The highest BCUT2D eigenvalue weighted by atomic mass is 32.2. The fourth-order valence-electron chi connectivity index (χ4n) is 1.88. The van der Waals surface area contributed by atoms with Crippen molar-refractivity contribution in [1.82, 2.24) is 5.32 Å². The van der Waals surface area contributed by atoms with Gasteiger partial charge >= 0.3 is 6.18 Å². The van der Waals surface area contributed by atoms with E-state index in [-0.39, 0.29) is 5.54 Å². The van der Waals surface area contributed by atoms with Gasteiger partial charge in [-0.25, -0.2) is 0 Å². The molecule has 0 aromatic heterocycles. The smallest absolute Gasteiger partial charge is 0.323 e. The molecule has 6 heteroatoms. The van der Waals surface area contributed by atoms with Crippen molar-refractivity contribution in [2.45, 2.75) is 23.0 Å². The topological polar surface area (TPSA) is 38.0 Å². The van der Waals surface area contributed by atoms with Crippen molar-refractivity contribution in [2.75, 3.05) is 18.8 Å². The van der Waals surface area contributed by atoms with Gasteiger partial charge in [0.05, 0.1) is 5.56 Å². The van der Waals surface area contributed by atoms with Crippen LogP contribution < -0.4 is 11.1 Å². The van der Waals surface area contributed by atoms with E-state index < -0.39 is 11.7 Å². The number of hydrogen-bond donors (Lipinski definition) is 2. The maximum atomic E-state index is 12.5. The van der Waals surface area contributed by atoms with E-state index in [9.17, 15) is 13.2 Å².